The van der Waals surface area contributed by atoms with Crippen molar-refractivity contribution < 1.29 is 14.3 Å². The van der Waals surface area contributed by atoms with Crippen molar-refractivity contribution in [2.24, 2.45) is 23.3 Å². The number of carbonyl (C=O) groups excluding carboxylic acids is 2. The van der Waals surface area contributed by atoms with Crippen molar-refractivity contribution in [3.63, 3.8) is 0 Å². The molecule has 2 aliphatic rings. The molecular weight excluding hydrogens is 610 g/mol. The van der Waals surface area contributed by atoms with Crippen LogP contribution in [0.5, 0.6) is 5.88 Å². The summed E-state index contributed by atoms with van der Waals surface area (Å²) in [5.41, 5.74) is 16.1. The van der Waals surface area contributed by atoms with Gasteiger partial charge in [-0.05, 0) is 92.2 Å². The molecule has 0 bridgehead atoms. The summed E-state index contributed by atoms with van der Waals surface area (Å²) in [6.45, 7) is 4.23. The molecule has 0 unspecified atom stereocenters. The van der Waals surface area contributed by atoms with Crippen molar-refractivity contribution in [1.29, 1.82) is 0 Å². The Bertz CT molecular complexity index is 1670. The number of hydrogen-bond acceptors (Lipinski definition) is 12. The number of imide groups is 1. The van der Waals surface area contributed by atoms with Gasteiger partial charge in [-0.1, -0.05) is 24.3 Å². The van der Waals surface area contributed by atoms with Gasteiger partial charge in [0, 0.05) is 43.9 Å². The zero-order chi connectivity index (χ0) is 33.6. The number of benzene rings is 2. The second-order valence-electron chi connectivity index (χ2n) is 12.6. The van der Waals surface area contributed by atoms with Crippen LogP contribution < -0.4 is 26.0 Å². The molecule has 14 nitrogen and oxygen atoms in total. The molecule has 2 aromatic heterocycles. The number of anilines is 2. The molecule has 5 N–H and O–H groups in total. The topological polar surface area (TPSA) is 185 Å². The Hall–Kier alpha value is -4.79. The lowest BCUT2D eigenvalue weighted by Gasteiger charge is -2.32. The fraction of sp³-hybridized carbons (Fsp3) is 0.441. The van der Waals surface area contributed by atoms with Crippen LogP contribution in [0.4, 0.5) is 11.6 Å². The normalized spacial score (nSPS) is 19.1. The third-order valence-electron chi connectivity index (χ3n) is 9.46. The Labute approximate surface area is 279 Å². The van der Waals surface area contributed by atoms with Gasteiger partial charge in [-0.15, -0.1) is 10.2 Å². The molecule has 0 spiro atoms. The van der Waals surface area contributed by atoms with Crippen LogP contribution in [0, 0.1) is 11.8 Å². The van der Waals surface area contributed by atoms with Gasteiger partial charge in [-0.2, -0.15) is 10.2 Å². The molecular formula is C34H43N11O3. The molecule has 252 valence electrons. The largest absolute Gasteiger partial charge is 0.480 e. The highest BCUT2D eigenvalue weighted by molar-refractivity contribution is 6.17. The van der Waals surface area contributed by atoms with Crippen LogP contribution in [0.1, 0.15) is 31.2 Å². The van der Waals surface area contributed by atoms with E-state index in [1.165, 1.54) is 4.90 Å². The van der Waals surface area contributed by atoms with Gasteiger partial charge in [0.2, 0.25) is 23.6 Å². The van der Waals surface area contributed by atoms with Gasteiger partial charge in [0.15, 0.2) is 0 Å². The summed E-state index contributed by atoms with van der Waals surface area (Å²) in [5.74, 6) is 1.01. The van der Waals surface area contributed by atoms with Crippen LogP contribution in [-0.4, -0.2) is 100 Å². The standard InChI is InChI=1S/C34H43N11O3/c1-43-15-17-44(18-16-43)34-37-21-28(31(38-34)48-2)24-7-3-22(4-8-24)19-29(36)33(47)45(32(46)26-9-5-23(20-35)6-10-26)27-13-11-25(12-14-27)30-39-41-42-40-30/h3-4,7-8,11-14,21,23,26,29H,5-6,9-10,15-20,35-36H2,1-2H3,(H,39,40,41,42)/t23?,26?,29-/m0/s1. The fourth-order valence-electron chi connectivity index (χ4n) is 6.43. The van der Waals surface area contributed by atoms with Crippen molar-refractivity contribution in [1.82, 2.24) is 35.5 Å². The van der Waals surface area contributed by atoms with E-state index in [1.54, 1.807) is 37.6 Å². The summed E-state index contributed by atoms with van der Waals surface area (Å²) < 4.78 is 5.65. The number of tetrazole rings is 1. The highest BCUT2D eigenvalue weighted by Gasteiger charge is 2.35. The average Bonchev–Trinajstić information content (AvgIpc) is 3.68. The Balaban J connectivity index is 1.18. The van der Waals surface area contributed by atoms with Gasteiger partial charge >= 0.3 is 0 Å². The van der Waals surface area contributed by atoms with Gasteiger partial charge in [0.05, 0.1) is 24.4 Å². The third-order valence-corrected chi connectivity index (χ3v) is 9.46. The Morgan fingerprint density at radius 3 is 2.31 bits per heavy atom. The van der Waals surface area contributed by atoms with E-state index in [4.69, 9.17) is 21.2 Å². The molecule has 0 radical (unpaired) electrons. The number of ether oxygens (including phenoxy) is 1. The molecule has 3 heterocycles. The summed E-state index contributed by atoms with van der Waals surface area (Å²) in [6.07, 6.45) is 5.13. The number of hydrogen-bond donors (Lipinski definition) is 3. The summed E-state index contributed by atoms with van der Waals surface area (Å²) in [4.78, 5) is 43.0. The number of carbonyl (C=O) groups is 2. The Kier molecular flexibility index (Phi) is 10.3. The molecule has 1 saturated carbocycles. The number of H-pyrrole nitrogens is 1. The number of likely N-dealkylation sites (N-methyl/N-ethyl adjacent to an activating group) is 1. The van der Waals surface area contributed by atoms with Crippen molar-refractivity contribution in [3.8, 4) is 28.4 Å². The van der Waals surface area contributed by atoms with Crippen LogP contribution in [0.2, 0.25) is 0 Å². The predicted octanol–water partition coefficient (Wildman–Crippen LogP) is 2.28. The molecule has 6 rings (SSSR count). The SMILES string of the molecule is COc1nc(N2CCN(C)CC2)ncc1-c1ccc(C[C@H](N)C(=O)N(C(=O)C2CCC(CN)CC2)c2ccc(-c3nn[nH]n3)cc2)cc1. The first-order chi connectivity index (χ1) is 23.3. The number of aromatic amines is 1. The predicted molar refractivity (Wildman–Crippen MR) is 182 cm³/mol. The molecule has 1 aliphatic heterocycles. The fourth-order valence-corrected chi connectivity index (χ4v) is 6.43. The summed E-state index contributed by atoms with van der Waals surface area (Å²) in [6, 6.07) is 13.8. The van der Waals surface area contributed by atoms with E-state index < -0.39 is 11.9 Å². The van der Waals surface area contributed by atoms with E-state index in [0.717, 1.165) is 55.7 Å². The van der Waals surface area contributed by atoms with Crippen molar-refractivity contribution in [2.75, 3.05) is 56.7 Å². The first-order valence-electron chi connectivity index (χ1n) is 16.5. The Morgan fingerprint density at radius 1 is 1.00 bits per heavy atom. The van der Waals surface area contributed by atoms with Crippen molar-refractivity contribution in [3.05, 3.63) is 60.3 Å². The molecule has 4 aromatic rings. The first kappa shape index (κ1) is 33.1. The zero-order valence-corrected chi connectivity index (χ0v) is 27.5. The van der Waals surface area contributed by atoms with E-state index in [1.807, 2.05) is 24.3 Å². The smallest absolute Gasteiger partial charge is 0.251 e. The minimum Gasteiger partial charge on any atom is -0.480 e. The number of nitrogens with one attached hydrogen (secondary N) is 1. The quantitative estimate of drug-likeness (QED) is 0.227. The third kappa shape index (κ3) is 7.35. The maximum atomic E-state index is 14.0. The Morgan fingerprint density at radius 2 is 1.69 bits per heavy atom. The monoisotopic (exact) mass is 653 g/mol. The lowest BCUT2D eigenvalue weighted by atomic mass is 9.81. The molecule has 48 heavy (non-hydrogen) atoms. The number of methoxy groups -OCH3 is 1. The van der Waals surface area contributed by atoms with E-state index in [0.29, 0.717) is 54.2 Å². The maximum absolute atomic E-state index is 14.0. The number of amides is 2. The van der Waals surface area contributed by atoms with Gasteiger partial charge in [-0.3, -0.25) is 9.59 Å². The van der Waals surface area contributed by atoms with E-state index in [2.05, 4.69) is 42.5 Å². The average molecular weight is 654 g/mol. The molecule has 2 amide bonds. The van der Waals surface area contributed by atoms with Crippen molar-refractivity contribution >= 4 is 23.5 Å². The minimum atomic E-state index is -0.946. The summed E-state index contributed by atoms with van der Waals surface area (Å²) in [7, 11) is 3.71. The number of nitrogens with two attached hydrogens (primary N) is 2. The van der Waals surface area contributed by atoms with Crippen LogP contribution >= 0.6 is 0 Å². The van der Waals surface area contributed by atoms with E-state index in [9.17, 15) is 9.59 Å². The minimum absolute atomic E-state index is 0.235. The number of piperazine rings is 1. The van der Waals surface area contributed by atoms with Crippen LogP contribution in [-0.2, 0) is 16.0 Å². The first-order valence-corrected chi connectivity index (χ1v) is 16.5. The lowest BCUT2D eigenvalue weighted by molar-refractivity contribution is -0.130. The maximum Gasteiger partial charge on any atom is 0.251 e. The molecule has 1 aliphatic carbocycles. The van der Waals surface area contributed by atoms with E-state index >= 15 is 0 Å². The zero-order valence-electron chi connectivity index (χ0n) is 27.5. The van der Waals surface area contributed by atoms with Gasteiger partial charge in [-0.25, -0.2) is 9.88 Å². The molecule has 2 aromatic carbocycles. The molecule has 1 saturated heterocycles. The van der Waals surface area contributed by atoms with Gasteiger partial charge in [0.25, 0.3) is 5.91 Å². The summed E-state index contributed by atoms with van der Waals surface area (Å²) in [5, 5.41) is 14.1. The second kappa shape index (κ2) is 15.0. The highest BCUT2D eigenvalue weighted by atomic mass is 16.5. The molecule has 2 fully saturated rings. The molecule has 1 atom stereocenters. The number of rotatable bonds is 10. The highest BCUT2D eigenvalue weighted by Crippen LogP contribution is 2.33. The van der Waals surface area contributed by atoms with Crippen molar-refractivity contribution in [2.45, 2.75) is 38.1 Å². The molecule has 14 heteroatoms. The van der Waals surface area contributed by atoms with Gasteiger partial charge in [0.1, 0.15) is 0 Å². The van der Waals surface area contributed by atoms with Gasteiger partial charge < -0.3 is 26.0 Å². The van der Waals surface area contributed by atoms with E-state index in [-0.39, 0.29) is 18.2 Å². The van der Waals surface area contributed by atoms with Crippen LogP contribution in [0.25, 0.3) is 22.5 Å². The lowest BCUT2D eigenvalue weighted by Crippen LogP contribution is -2.50. The van der Waals surface area contributed by atoms with Crippen LogP contribution in [0.3, 0.4) is 0 Å². The van der Waals surface area contributed by atoms with Crippen LogP contribution in [0.15, 0.2) is 54.7 Å². The number of nitrogens with zero attached hydrogens (tertiary/aromatic N) is 8. The summed E-state index contributed by atoms with van der Waals surface area (Å²) >= 11 is 0. The number of aromatic nitrogens is 6. The second-order valence-corrected chi connectivity index (χ2v) is 12.6.